The third-order valence-electron chi connectivity index (χ3n) is 2.48. The van der Waals surface area contributed by atoms with Crippen LogP contribution in [0.2, 0.25) is 0 Å². The van der Waals surface area contributed by atoms with Crippen molar-refractivity contribution in [3.8, 4) is 11.5 Å². The van der Waals surface area contributed by atoms with E-state index in [0.717, 1.165) is 23.6 Å². The number of methoxy groups -OCH3 is 1. The maximum atomic E-state index is 5.55. The molecule has 1 N–H and O–H groups in total. The molecule has 1 aromatic carbocycles. The predicted molar refractivity (Wildman–Crippen MR) is 80.1 cm³/mol. The Hall–Kier alpha value is -1.19. The second-order valence-corrected chi connectivity index (χ2v) is 5.51. The zero-order valence-corrected chi connectivity index (χ0v) is 12.8. The van der Waals surface area contributed by atoms with Gasteiger partial charge in [-0.1, -0.05) is 17.7 Å². The van der Waals surface area contributed by atoms with Gasteiger partial charge in [0.2, 0.25) is 0 Å². The van der Waals surface area contributed by atoms with Gasteiger partial charge in [-0.15, -0.1) is 0 Å². The number of rotatable bonds is 6. The first-order valence-corrected chi connectivity index (χ1v) is 6.70. The van der Waals surface area contributed by atoms with Gasteiger partial charge < -0.3 is 14.8 Å². The van der Waals surface area contributed by atoms with E-state index in [1.807, 2.05) is 18.2 Å². The number of hydrogen-bond acceptors (Lipinski definition) is 3. The molecule has 0 fully saturated rings. The van der Waals surface area contributed by atoms with Crippen molar-refractivity contribution < 1.29 is 9.47 Å². The van der Waals surface area contributed by atoms with Crippen molar-refractivity contribution in [1.29, 1.82) is 0 Å². The molecule has 0 spiro atoms. The van der Waals surface area contributed by atoms with Crippen molar-refractivity contribution in [3.63, 3.8) is 0 Å². The van der Waals surface area contributed by atoms with Gasteiger partial charge in [-0.25, -0.2) is 0 Å². The van der Waals surface area contributed by atoms with Crippen molar-refractivity contribution in [2.24, 2.45) is 0 Å². The zero-order valence-electron chi connectivity index (χ0n) is 12.0. The lowest BCUT2D eigenvalue weighted by Crippen LogP contribution is -2.35. The van der Waals surface area contributed by atoms with Gasteiger partial charge in [0, 0.05) is 17.6 Å². The smallest absolute Gasteiger partial charge is 0.161 e. The van der Waals surface area contributed by atoms with Gasteiger partial charge in [-0.2, -0.15) is 0 Å². The minimum atomic E-state index is 0.0908. The first-order valence-electron chi connectivity index (χ1n) is 6.26. The van der Waals surface area contributed by atoms with Crippen LogP contribution in [0, 0.1) is 0 Å². The van der Waals surface area contributed by atoms with E-state index in [-0.39, 0.29) is 5.54 Å². The van der Waals surface area contributed by atoms with Crippen LogP contribution < -0.4 is 14.8 Å². The molecule has 3 nitrogen and oxygen atoms in total. The lowest BCUT2D eigenvalue weighted by Gasteiger charge is -2.21. The molecular formula is C15H22ClNO2. The van der Waals surface area contributed by atoms with Crippen LogP contribution >= 0.6 is 11.6 Å². The highest BCUT2D eigenvalue weighted by molar-refractivity contribution is 6.25. The molecule has 0 bridgehead atoms. The van der Waals surface area contributed by atoms with Gasteiger partial charge in [0.05, 0.1) is 7.11 Å². The Morgan fingerprint density at radius 1 is 1.26 bits per heavy atom. The first kappa shape index (κ1) is 15.9. The summed E-state index contributed by atoms with van der Waals surface area (Å²) >= 11 is 5.45. The van der Waals surface area contributed by atoms with Gasteiger partial charge in [0.1, 0.15) is 6.61 Å². The Labute approximate surface area is 120 Å². The topological polar surface area (TPSA) is 30.5 Å². The van der Waals surface area contributed by atoms with Crippen molar-refractivity contribution in [3.05, 3.63) is 35.4 Å². The highest BCUT2D eigenvalue weighted by Gasteiger charge is 2.10. The van der Waals surface area contributed by atoms with Crippen molar-refractivity contribution >= 4 is 11.6 Å². The molecule has 1 rings (SSSR count). The molecule has 0 aliphatic carbocycles. The second kappa shape index (κ2) is 7.41. The molecule has 106 valence electrons. The van der Waals surface area contributed by atoms with E-state index < -0.39 is 0 Å². The summed E-state index contributed by atoms with van der Waals surface area (Å²) in [7, 11) is 1.64. The van der Waals surface area contributed by atoms with Gasteiger partial charge in [-0.3, -0.25) is 0 Å². The molecule has 0 aromatic heterocycles. The predicted octanol–water partition coefficient (Wildman–Crippen LogP) is 3.71. The van der Waals surface area contributed by atoms with Gasteiger partial charge in [-0.05, 0) is 44.5 Å². The third kappa shape index (κ3) is 5.99. The van der Waals surface area contributed by atoms with Crippen LogP contribution in [0.25, 0.3) is 0 Å². The van der Waals surface area contributed by atoms with E-state index in [9.17, 15) is 0 Å². The van der Waals surface area contributed by atoms with Crippen LogP contribution in [0.3, 0.4) is 0 Å². The fourth-order valence-corrected chi connectivity index (χ4v) is 1.56. The third-order valence-corrected chi connectivity index (χ3v) is 2.65. The molecule has 0 saturated carbocycles. The van der Waals surface area contributed by atoms with E-state index in [2.05, 4.69) is 26.1 Å². The van der Waals surface area contributed by atoms with Gasteiger partial charge in [0.15, 0.2) is 11.5 Å². The molecule has 0 aliphatic rings. The Kier molecular flexibility index (Phi) is 6.19. The number of ether oxygens (including phenoxy) is 2. The fourth-order valence-electron chi connectivity index (χ4n) is 1.48. The number of halogens is 1. The van der Waals surface area contributed by atoms with Crippen LogP contribution in [0.1, 0.15) is 26.3 Å². The molecule has 0 radical (unpaired) electrons. The lowest BCUT2D eigenvalue weighted by atomic mass is 10.1. The van der Waals surface area contributed by atoms with Crippen molar-refractivity contribution in [2.45, 2.75) is 32.9 Å². The average Bonchev–Trinajstić information content (AvgIpc) is 2.36. The van der Waals surface area contributed by atoms with E-state index in [1.54, 1.807) is 13.2 Å². The summed E-state index contributed by atoms with van der Waals surface area (Å²) in [4.78, 5) is 0. The molecule has 0 amide bonds. The lowest BCUT2D eigenvalue weighted by molar-refractivity contribution is 0.325. The summed E-state index contributed by atoms with van der Waals surface area (Å²) in [6.07, 6.45) is 1.73. The number of hydrogen-bond donors (Lipinski definition) is 1. The van der Waals surface area contributed by atoms with Crippen LogP contribution in [0.4, 0.5) is 0 Å². The molecule has 0 aliphatic heterocycles. The summed E-state index contributed by atoms with van der Waals surface area (Å²) < 4.78 is 10.9. The molecule has 0 unspecified atom stereocenters. The summed E-state index contributed by atoms with van der Waals surface area (Å²) in [6, 6.07) is 5.93. The summed E-state index contributed by atoms with van der Waals surface area (Å²) in [5.74, 6) is 1.45. The normalized spacial score (nSPS) is 11.8. The van der Waals surface area contributed by atoms with E-state index in [1.165, 1.54) is 5.54 Å². The molecule has 0 heterocycles. The minimum absolute atomic E-state index is 0.0908. The molecule has 0 atom stereocenters. The quantitative estimate of drug-likeness (QED) is 0.863. The monoisotopic (exact) mass is 283 g/mol. The highest BCUT2D eigenvalue weighted by atomic mass is 35.5. The number of benzene rings is 1. The second-order valence-electron chi connectivity index (χ2n) is 5.26. The Balaban J connectivity index is 2.72. The van der Waals surface area contributed by atoms with Crippen molar-refractivity contribution in [1.82, 2.24) is 5.32 Å². The summed E-state index contributed by atoms with van der Waals surface area (Å²) in [6.45, 7) is 7.64. The largest absolute Gasteiger partial charge is 0.493 e. The van der Waals surface area contributed by atoms with E-state index >= 15 is 0 Å². The fraction of sp³-hybridized carbons (Fsp3) is 0.467. The Morgan fingerprint density at radius 2 is 2.00 bits per heavy atom. The first-order chi connectivity index (χ1) is 8.96. The van der Waals surface area contributed by atoms with Crippen LogP contribution in [-0.4, -0.2) is 19.3 Å². The maximum absolute atomic E-state index is 5.55. The SMILES string of the molecule is COc1cc(CNC(C)(C)C)ccc1OCC=CCl. The Morgan fingerprint density at radius 3 is 2.58 bits per heavy atom. The molecule has 4 heteroatoms. The average molecular weight is 284 g/mol. The van der Waals surface area contributed by atoms with Crippen LogP contribution in [0.5, 0.6) is 11.5 Å². The van der Waals surface area contributed by atoms with Crippen molar-refractivity contribution in [2.75, 3.05) is 13.7 Å². The van der Waals surface area contributed by atoms with Gasteiger partial charge in [0.25, 0.3) is 0 Å². The molecule has 0 saturated heterocycles. The van der Waals surface area contributed by atoms with Gasteiger partial charge >= 0.3 is 0 Å². The summed E-state index contributed by atoms with van der Waals surface area (Å²) in [5, 5.41) is 3.44. The number of nitrogens with one attached hydrogen (secondary N) is 1. The molecular weight excluding hydrogens is 262 g/mol. The standard InChI is InChI=1S/C15H22ClNO2/c1-15(2,3)17-11-12-6-7-13(14(10-12)18-4)19-9-5-8-16/h5-8,10,17H,9,11H2,1-4H3. The zero-order chi connectivity index (χ0) is 14.3. The van der Waals surface area contributed by atoms with Crippen LogP contribution in [-0.2, 0) is 6.54 Å². The highest BCUT2D eigenvalue weighted by Crippen LogP contribution is 2.28. The van der Waals surface area contributed by atoms with Crippen LogP contribution in [0.15, 0.2) is 29.8 Å². The van der Waals surface area contributed by atoms with E-state index in [0.29, 0.717) is 6.61 Å². The maximum Gasteiger partial charge on any atom is 0.161 e. The summed E-state index contributed by atoms with van der Waals surface area (Å²) in [5.41, 5.74) is 2.69. The molecule has 1 aromatic rings. The minimum Gasteiger partial charge on any atom is -0.493 e. The Bertz CT molecular complexity index is 425. The van der Waals surface area contributed by atoms with E-state index in [4.69, 9.17) is 21.1 Å². The molecule has 19 heavy (non-hydrogen) atoms.